The van der Waals surface area contributed by atoms with Crippen LogP contribution in [0.2, 0.25) is 0 Å². The van der Waals surface area contributed by atoms with Crippen molar-refractivity contribution >= 4 is 28.3 Å². The number of amides is 1. The number of carbonyl (C=O) groups is 2. The largest absolute Gasteiger partial charge is 0.489 e. The molecule has 0 aromatic heterocycles. The number of carboxylic acid groups (broad SMARTS) is 1. The van der Waals surface area contributed by atoms with Crippen LogP contribution < -0.4 is 10.1 Å². The summed E-state index contributed by atoms with van der Waals surface area (Å²) in [4.78, 5) is 34.8. The number of nitrogens with one attached hydrogen (secondary N) is 1. The Kier molecular flexibility index (Phi) is 7.02. The lowest BCUT2D eigenvalue weighted by Crippen LogP contribution is -2.42. The number of ether oxygens (including phenoxy) is 1. The molecule has 0 spiro atoms. The monoisotopic (exact) mass is 470 g/mol. The van der Waals surface area contributed by atoms with Crippen molar-refractivity contribution in [3.8, 4) is 5.75 Å². The Balaban J connectivity index is 1.43. The summed E-state index contributed by atoms with van der Waals surface area (Å²) >= 11 is 0. The summed E-state index contributed by atoms with van der Waals surface area (Å²) in [7, 11) is 0. The van der Waals surface area contributed by atoms with Crippen LogP contribution in [0.1, 0.15) is 21.5 Å². The van der Waals surface area contributed by atoms with Gasteiger partial charge in [-0.05, 0) is 46.2 Å². The molecular weight excluding hydrogens is 448 g/mol. The number of aliphatic carboxylic acids is 1. The molecule has 0 aliphatic carbocycles. The van der Waals surface area contributed by atoms with Gasteiger partial charge in [-0.1, -0.05) is 54.6 Å². The zero-order valence-electron chi connectivity index (χ0n) is 18.6. The van der Waals surface area contributed by atoms with Gasteiger partial charge in [0.2, 0.25) is 0 Å². The van der Waals surface area contributed by atoms with Crippen LogP contribution in [0.3, 0.4) is 0 Å². The molecule has 0 aliphatic rings. The predicted octanol–water partition coefficient (Wildman–Crippen LogP) is 4.75. The van der Waals surface area contributed by atoms with Crippen molar-refractivity contribution < 1.29 is 24.4 Å². The first-order chi connectivity index (χ1) is 16.9. The van der Waals surface area contributed by atoms with Gasteiger partial charge in [0.25, 0.3) is 11.6 Å². The summed E-state index contributed by atoms with van der Waals surface area (Å²) < 4.78 is 5.85. The lowest BCUT2D eigenvalue weighted by Gasteiger charge is -2.15. The zero-order chi connectivity index (χ0) is 24.8. The first-order valence-electron chi connectivity index (χ1n) is 10.9. The molecule has 0 bridgehead atoms. The molecule has 0 heterocycles. The van der Waals surface area contributed by atoms with E-state index in [1.165, 1.54) is 24.3 Å². The lowest BCUT2D eigenvalue weighted by atomic mass is 10.0. The standard InChI is InChI=1S/C27H22N2O6/c30-26(28-25(27(31)32)14-18-6-11-23(12-7-18)29(33)34)22-9-8-21-16-24(13-10-20(21)15-22)35-17-19-4-2-1-3-5-19/h1-13,15-16,25H,14,17H2,(H,28,30)(H,31,32). The summed E-state index contributed by atoms with van der Waals surface area (Å²) in [6.45, 7) is 0.443. The van der Waals surface area contributed by atoms with Gasteiger partial charge in [-0.3, -0.25) is 14.9 Å². The summed E-state index contributed by atoms with van der Waals surface area (Å²) in [6.07, 6.45) is -0.00520. The quantitative estimate of drug-likeness (QED) is 0.269. The van der Waals surface area contributed by atoms with Crippen LogP contribution in [0.15, 0.2) is 91.0 Å². The zero-order valence-corrected chi connectivity index (χ0v) is 18.6. The predicted molar refractivity (Wildman–Crippen MR) is 130 cm³/mol. The van der Waals surface area contributed by atoms with E-state index in [2.05, 4.69) is 5.32 Å². The highest BCUT2D eigenvalue weighted by Gasteiger charge is 2.22. The molecule has 0 saturated carbocycles. The van der Waals surface area contributed by atoms with Crippen molar-refractivity contribution in [2.45, 2.75) is 19.1 Å². The molecule has 4 aromatic rings. The first kappa shape index (κ1) is 23.4. The van der Waals surface area contributed by atoms with Gasteiger partial charge in [0.05, 0.1) is 4.92 Å². The molecule has 176 valence electrons. The average molecular weight is 470 g/mol. The molecule has 8 nitrogen and oxygen atoms in total. The van der Waals surface area contributed by atoms with E-state index in [0.717, 1.165) is 16.3 Å². The molecule has 0 saturated heterocycles. The number of carbonyl (C=O) groups excluding carboxylic acids is 1. The van der Waals surface area contributed by atoms with Crippen molar-refractivity contribution in [2.24, 2.45) is 0 Å². The Labute approximate surface area is 200 Å². The fraction of sp³-hybridized carbons (Fsp3) is 0.111. The molecule has 2 N–H and O–H groups in total. The van der Waals surface area contributed by atoms with Crippen LogP contribution in [0.25, 0.3) is 10.8 Å². The Morgan fingerprint density at radius 3 is 2.26 bits per heavy atom. The van der Waals surface area contributed by atoms with E-state index in [9.17, 15) is 24.8 Å². The highest BCUT2D eigenvalue weighted by Crippen LogP contribution is 2.23. The Morgan fingerprint density at radius 1 is 0.886 bits per heavy atom. The van der Waals surface area contributed by atoms with E-state index in [0.29, 0.717) is 23.5 Å². The van der Waals surface area contributed by atoms with Gasteiger partial charge in [-0.15, -0.1) is 0 Å². The smallest absolute Gasteiger partial charge is 0.326 e. The number of nitro groups is 1. The number of non-ortho nitro benzene ring substituents is 1. The van der Waals surface area contributed by atoms with Crippen molar-refractivity contribution in [3.05, 3.63) is 118 Å². The van der Waals surface area contributed by atoms with E-state index in [-0.39, 0.29) is 12.1 Å². The van der Waals surface area contributed by atoms with Crippen molar-refractivity contribution in [2.75, 3.05) is 0 Å². The van der Waals surface area contributed by atoms with E-state index in [4.69, 9.17) is 4.74 Å². The maximum Gasteiger partial charge on any atom is 0.326 e. The van der Waals surface area contributed by atoms with E-state index < -0.39 is 22.8 Å². The third kappa shape index (κ3) is 6.00. The minimum absolute atomic E-state index is 0.00520. The summed E-state index contributed by atoms with van der Waals surface area (Å²) in [5.74, 6) is -1.02. The lowest BCUT2D eigenvalue weighted by molar-refractivity contribution is -0.384. The molecule has 0 radical (unpaired) electrons. The van der Waals surface area contributed by atoms with Crippen LogP contribution in [-0.4, -0.2) is 27.9 Å². The molecule has 4 aromatic carbocycles. The third-order valence-corrected chi connectivity index (χ3v) is 5.51. The second-order valence-electron chi connectivity index (χ2n) is 7.99. The normalized spacial score (nSPS) is 11.5. The van der Waals surface area contributed by atoms with Gasteiger partial charge in [-0.2, -0.15) is 0 Å². The highest BCUT2D eigenvalue weighted by molar-refractivity contribution is 6.00. The molecule has 8 heteroatoms. The van der Waals surface area contributed by atoms with Gasteiger partial charge in [0.15, 0.2) is 0 Å². The SMILES string of the molecule is O=C(NC(Cc1ccc([N+](=O)[O-])cc1)C(=O)O)c1ccc2cc(OCc3ccccc3)ccc2c1. The minimum atomic E-state index is -1.20. The number of benzene rings is 4. The second kappa shape index (κ2) is 10.5. The number of carboxylic acids is 1. The summed E-state index contributed by atoms with van der Waals surface area (Å²) in [6, 6.07) is 24.8. The van der Waals surface area contributed by atoms with Gasteiger partial charge in [0.1, 0.15) is 18.4 Å². The van der Waals surface area contributed by atoms with E-state index >= 15 is 0 Å². The highest BCUT2D eigenvalue weighted by atomic mass is 16.6. The van der Waals surface area contributed by atoms with Crippen molar-refractivity contribution in [1.29, 1.82) is 0 Å². The molecular formula is C27H22N2O6. The van der Waals surface area contributed by atoms with Crippen LogP contribution in [0.5, 0.6) is 5.75 Å². The van der Waals surface area contributed by atoms with Crippen molar-refractivity contribution in [1.82, 2.24) is 5.32 Å². The Hall–Kier alpha value is -4.72. The van der Waals surface area contributed by atoms with Crippen LogP contribution in [-0.2, 0) is 17.8 Å². The summed E-state index contributed by atoms with van der Waals surface area (Å²) in [5.41, 5.74) is 1.85. The number of nitro benzene ring substituents is 1. The average Bonchev–Trinajstić information content (AvgIpc) is 2.87. The molecule has 0 fully saturated rings. The number of hydrogen-bond acceptors (Lipinski definition) is 5. The molecule has 1 atom stereocenters. The molecule has 4 rings (SSSR count). The van der Waals surface area contributed by atoms with Crippen LogP contribution in [0, 0.1) is 10.1 Å². The van der Waals surface area contributed by atoms with Gasteiger partial charge >= 0.3 is 5.97 Å². The molecule has 1 amide bonds. The maximum atomic E-state index is 12.8. The maximum absolute atomic E-state index is 12.8. The number of rotatable bonds is 9. The minimum Gasteiger partial charge on any atom is -0.489 e. The topological polar surface area (TPSA) is 119 Å². The Morgan fingerprint density at radius 2 is 1.57 bits per heavy atom. The molecule has 1 unspecified atom stereocenters. The second-order valence-corrected chi connectivity index (χ2v) is 7.99. The van der Waals surface area contributed by atoms with E-state index in [1.54, 1.807) is 18.2 Å². The molecule has 35 heavy (non-hydrogen) atoms. The van der Waals surface area contributed by atoms with Crippen molar-refractivity contribution in [3.63, 3.8) is 0 Å². The van der Waals surface area contributed by atoms with Crippen LogP contribution in [0.4, 0.5) is 5.69 Å². The van der Waals surface area contributed by atoms with Gasteiger partial charge in [-0.25, -0.2) is 4.79 Å². The van der Waals surface area contributed by atoms with Gasteiger partial charge < -0.3 is 15.2 Å². The fourth-order valence-electron chi connectivity index (χ4n) is 3.63. The number of fused-ring (bicyclic) bond motifs is 1. The number of hydrogen-bond donors (Lipinski definition) is 2. The summed E-state index contributed by atoms with van der Waals surface area (Å²) in [5, 5.41) is 24.6. The fourth-order valence-corrected chi connectivity index (χ4v) is 3.63. The molecule has 0 aliphatic heterocycles. The number of nitrogens with zero attached hydrogens (tertiary/aromatic N) is 1. The van der Waals surface area contributed by atoms with Gasteiger partial charge in [0, 0.05) is 24.1 Å². The first-order valence-corrected chi connectivity index (χ1v) is 10.9. The Bertz CT molecular complexity index is 1370. The van der Waals surface area contributed by atoms with E-state index in [1.807, 2.05) is 48.5 Å². The third-order valence-electron chi connectivity index (χ3n) is 5.51. The van der Waals surface area contributed by atoms with Crippen LogP contribution >= 0.6 is 0 Å².